The van der Waals surface area contributed by atoms with Crippen LogP contribution in [-0.4, -0.2) is 29.8 Å². The molecule has 2 aromatic rings. The number of thiophene rings is 1. The summed E-state index contributed by atoms with van der Waals surface area (Å²) in [5.41, 5.74) is 2.67. The van der Waals surface area contributed by atoms with Crippen LogP contribution in [0.2, 0.25) is 0 Å². The Morgan fingerprint density at radius 3 is 2.42 bits per heavy atom. The molecule has 138 valence electrons. The first kappa shape index (κ1) is 18.6. The lowest BCUT2D eigenvalue weighted by Gasteiger charge is -2.15. The topological polar surface area (TPSA) is 49.4 Å². The van der Waals surface area contributed by atoms with Gasteiger partial charge in [0.05, 0.1) is 4.88 Å². The Labute approximate surface area is 159 Å². The van der Waals surface area contributed by atoms with E-state index in [9.17, 15) is 9.59 Å². The van der Waals surface area contributed by atoms with Crippen LogP contribution in [-0.2, 0) is 12.8 Å². The van der Waals surface area contributed by atoms with Crippen molar-refractivity contribution in [1.29, 1.82) is 0 Å². The number of aryl methyl sites for hydroxylation is 2. The van der Waals surface area contributed by atoms with Crippen LogP contribution in [0.5, 0.6) is 0 Å². The first-order valence-corrected chi connectivity index (χ1v) is 10.3. The number of carbonyl (C=O) groups excluding carboxylic acids is 2. The normalized spacial score (nSPS) is 13.8. The minimum absolute atomic E-state index is 0.0781. The van der Waals surface area contributed by atoms with E-state index in [4.69, 9.17) is 0 Å². The van der Waals surface area contributed by atoms with E-state index < -0.39 is 0 Å². The van der Waals surface area contributed by atoms with Crippen LogP contribution in [0.1, 0.15) is 63.6 Å². The van der Waals surface area contributed by atoms with Crippen molar-refractivity contribution in [3.8, 4) is 0 Å². The fourth-order valence-electron chi connectivity index (χ4n) is 3.31. The molecule has 0 bridgehead atoms. The van der Waals surface area contributed by atoms with Crippen molar-refractivity contribution < 1.29 is 9.59 Å². The van der Waals surface area contributed by atoms with Crippen molar-refractivity contribution in [2.45, 2.75) is 46.0 Å². The maximum atomic E-state index is 12.6. The van der Waals surface area contributed by atoms with Crippen LogP contribution in [0.4, 0.5) is 5.69 Å². The molecule has 1 fully saturated rings. The van der Waals surface area contributed by atoms with Crippen LogP contribution in [0.25, 0.3) is 0 Å². The van der Waals surface area contributed by atoms with Gasteiger partial charge in [-0.2, -0.15) is 0 Å². The van der Waals surface area contributed by atoms with Gasteiger partial charge in [-0.3, -0.25) is 9.59 Å². The molecule has 4 nitrogen and oxygen atoms in total. The van der Waals surface area contributed by atoms with E-state index in [0.29, 0.717) is 5.56 Å². The molecule has 3 rings (SSSR count). The highest BCUT2D eigenvalue weighted by atomic mass is 32.1. The monoisotopic (exact) mass is 370 g/mol. The van der Waals surface area contributed by atoms with Gasteiger partial charge in [0, 0.05) is 29.2 Å². The number of nitrogens with one attached hydrogen (secondary N) is 1. The van der Waals surface area contributed by atoms with E-state index in [-0.39, 0.29) is 11.8 Å². The largest absolute Gasteiger partial charge is 0.339 e. The van der Waals surface area contributed by atoms with E-state index in [1.165, 1.54) is 10.4 Å². The summed E-state index contributed by atoms with van der Waals surface area (Å²) in [7, 11) is 0. The van der Waals surface area contributed by atoms with Crippen molar-refractivity contribution in [3.63, 3.8) is 0 Å². The summed E-state index contributed by atoms with van der Waals surface area (Å²) in [6, 6.07) is 9.22. The van der Waals surface area contributed by atoms with Gasteiger partial charge in [0.25, 0.3) is 11.8 Å². The summed E-state index contributed by atoms with van der Waals surface area (Å²) in [5.74, 6) is 0.00102. The van der Waals surface area contributed by atoms with E-state index in [2.05, 4.69) is 19.2 Å². The van der Waals surface area contributed by atoms with Crippen LogP contribution < -0.4 is 5.32 Å². The van der Waals surface area contributed by atoms with Crippen molar-refractivity contribution in [2.24, 2.45) is 0 Å². The van der Waals surface area contributed by atoms with Crippen molar-refractivity contribution >= 4 is 28.8 Å². The first-order chi connectivity index (χ1) is 12.6. The Bertz CT molecular complexity index is 774. The van der Waals surface area contributed by atoms with E-state index in [1.807, 2.05) is 23.1 Å². The molecule has 1 saturated heterocycles. The number of amides is 2. The summed E-state index contributed by atoms with van der Waals surface area (Å²) >= 11 is 1.59. The number of hydrogen-bond acceptors (Lipinski definition) is 3. The molecule has 2 amide bonds. The molecule has 1 N–H and O–H groups in total. The smallest absolute Gasteiger partial charge is 0.265 e. The molecule has 1 aromatic carbocycles. The maximum absolute atomic E-state index is 12.6. The molecule has 1 aliphatic rings. The Morgan fingerprint density at radius 1 is 1.12 bits per heavy atom. The number of rotatable bonds is 6. The SMILES string of the molecule is CCCc1sc(C(=O)Nc2ccc(C(=O)N3CCCC3)cc2)cc1CC. The van der Waals surface area contributed by atoms with Gasteiger partial charge >= 0.3 is 0 Å². The summed E-state index contributed by atoms with van der Waals surface area (Å²) in [6.07, 6.45) is 5.23. The van der Waals surface area contributed by atoms with Gasteiger partial charge < -0.3 is 10.2 Å². The van der Waals surface area contributed by atoms with Gasteiger partial charge in [0.15, 0.2) is 0 Å². The summed E-state index contributed by atoms with van der Waals surface area (Å²) < 4.78 is 0. The first-order valence-electron chi connectivity index (χ1n) is 9.44. The van der Waals surface area contributed by atoms with Crippen LogP contribution in [0.15, 0.2) is 30.3 Å². The van der Waals surface area contributed by atoms with Gasteiger partial charge in [-0.25, -0.2) is 0 Å². The van der Waals surface area contributed by atoms with Gasteiger partial charge in [-0.15, -0.1) is 11.3 Å². The zero-order valence-corrected chi connectivity index (χ0v) is 16.3. The average Bonchev–Trinajstić information content (AvgIpc) is 3.32. The van der Waals surface area contributed by atoms with Crippen molar-refractivity contribution in [2.75, 3.05) is 18.4 Å². The molecule has 26 heavy (non-hydrogen) atoms. The molecule has 1 aromatic heterocycles. The number of nitrogens with zero attached hydrogens (tertiary/aromatic N) is 1. The number of benzene rings is 1. The molecule has 0 unspecified atom stereocenters. The lowest BCUT2D eigenvalue weighted by atomic mass is 10.1. The Hall–Kier alpha value is -2.14. The summed E-state index contributed by atoms with van der Waals surface area (Å²) in [5, 5.41) is 2.95. The molecule has 2 heterocycles. The van der Waals surface area contributed by atoms with E-state index in [1.54, 1.807) is 23.5 Å². The molecule has 0 saturated carbocycles. The average molecular weight is 371 g/mol. The number of anilines is 1. The number of carbonyl (C=O) groups is 2. The molecule has 5 heteroatoms. The molecule has 0 aliphatic carbocycles. The Balaban J connectivity index is 1.67. The van der Waals surface area contributed by atoms with Crippen LogP contribution in [0, 0.1) is 0 Å². The lowest BCUT2D eigenvalue weighted by Crippen LogP contribution is -2.27. The lowest BCUT2D eigenvalue weighted by molar-refractivity contribution is 0.0792. The minimum atomic E-state index is -0.0781. The van der Waals surface area contributed by atoms with Gasteiger partial charge in [0.1, 0.15) is 0 Å². The summed E-state index contributed by atoms with van der Waals surface area (Å²) in [6.45, 7) is 5.97. The maximum Gasteiger partial charge on any atom is 0.265 e. The van der Waals surface area contributed by atoms with E-state index >= 15 is 0 Å². The second-order valence-corrected chi connectivity index (χ2v) is 7.83. The van der Waals surface area contributed by atoms with Crippen molar-refractivity contribution in [1.82, 2.24) is 4.90 Å². The third-order valence-corrected chi connectivity index (χ3v) is 6.00. The highest BCUT2D eigenvalue weighted by Crippen LogP contribution is 2.25. The summed E-state index contributed by atoms with van der Waals surface area (Å²) in [4.78, 5) is 28.9. The highest BCUT2D eigenvalue weighted by Gasteiger charge is 2.19. The molecular weight excluding hydrogens is 344 g/mol. The third kappa shape index (κ3) is 4.15. The second kappa shape index (κ2) is 8.49. The molecular formula is C21H26N2O2S. The third-order valence-electron chi connectivity index (χ3n) is 4.76. The van der Waals surface area contributed by atoms with Crippen LogP contribution in [0.3, 0.4) is 0 Å². The molecule has 0 atom stereocenters. The van der Waals surface area contributed by atoms with E-state index in [0.717, 1.165) is 55.8 Å². The van der Waals surface area contributed by atoms with Gasteiger partial charge in [0.2, 0.25) is 0 Å². The number of hydrogen-bond donors (Lipinski definition) is 1. The highest BCUT2D eigenvalue weighted by molar-refractivity contribution is 7.14. The molecule has 1 aliphatic heterocycles. The van der Waals surface area contributed by atoms with Crippen LogP contribution >= 0.6 is 11.3 Å². The fraction of sp³-hybridized carbons (Fsp3) is 0.429. The zero-order chi connectivity index (χ0) is 18.5. The predicted molar refractivity (Wildman–Crippen MR) is 107 cm³/mol. The molecule has 0 radical (unpaired) electrons. The van der Waals surface area contributed by atoms with Gasteiger partial charge in [-0.05, 0) is 61.6 Å². The standard InChI is InChI=1S/C21H26N2O2S/c1-3-7-18-15(4-2)14-19(26-18)20(24)22-17-10-8-16(9-11-17)21(25)23-12-5-6-13-23/h8-11,14H,3-7,12-13H2,1-2H3,(H,22,24). The number of likely N-dealkylation sites (tertiary alicyclic amines) is 1. The zero-order valence-electron chi connectivity index (χ0n) is 15.5. The Morgan fingerprint density at radius 2 is 1.81 bits per heavy atom. The predicted octanol–water partition coefficient (Wildman–Crippen LogP) is 4.75. The fourth-order valence-corrected chi connectivity index (χ4v) is 4.56. The quantitative estimate of drug-likeness (QED) is 0.797. The van der Waals surface area contributed by atoms with Crippen molar-refractivity contribution in [3.05, 3.63) is 51.2 Å². The minimum Gasteiger partial charge on any atom is -0.339 e. The Kier molecular flexibility index (Phi) is 6.09. The second-order valence-electron chi connectivity index (χ2n) is 6.69. The van der Waals surface area contributed by atoms with Gasteiger partial charge in [-0.1, -0.05) is 20.3 Å². The molecule has 0 spiro atoms.